The lowest BCUT2D eigenvalue weighted by Crippen LogP contribution is -2.33. The SMILES string of the molecule is C=C(C)[C@H]1CC[C@H](C)C[C@@H]1OC(=O)CC(C)C. The van der Waals surface area contributed by atoms with Gasteiger partial charge in [0.25, 0.3) is 0 Å². The van der Waals surface area contributed by atoms with E-state index in [0.29, 0.717) is 24.2 Å². The van der Waals surface area contributed by atoms with Crippen LogP contribution in [0.25, 0.3) is 0 Å². The highest BCUT2D eigenvalue weighted by atomic mass is 16.5. The molecule has 2 nitrogen and oxygen atoms in total. The molecule has 98 valence electrons. The minimum absolute atomic E-state index is 0.0506. The molecule has 1 aliphatic carbocycles. The van der Waals surface area contributed by atoms with Crippen molar-refractivity contribution in [3.8, 4) is 0 Å². The van der Waals surface area contributed by atoms with Gasteiger partial charge in [0.2, 0.25) is 0 Å². The van der Waals surface area contributed by atoms with E-state index in [1.165, 1.54) is 6.42 Å². The first kappa shape index (κ1) is 14.3. The zero-order chi connectivity index (χ0) is 13.0. The highest BCUT2D eigenvalue weighted by molar-refractivity contribution is 5.69. The smallest absolute Gasteiger partial charge is 0.306 e. The molecule has 1 rings (SSSR count). The number of carbonyl (C=O) groups is 1. The van der Waals surface area contributed by atoms with Crippen molar-refractivity contribution >= 4 is 5.97 Å². The topological polar surface area (TPSA) is 26.3 Å². The van der Waals surface area contributed by atoms with E-state index in [1.54, 1.807) is 0 Å². The molecule has 0 radical (unpaired) electrons. The van der Waals surface area contributed by atoms with Crippen LogP contribution in [0.1, 0.15) is 53.4 Å². The summed E-state index contributed by atoms with van der Waals surface area (Å²) in [6.07, 6.45) is 3.89. The number of esters is 1. The standard InChI is InChI=1S/C15H26O2/c1-10(2)8-15(16)17-14-9-12(5)6-7-13(14)11(3)4/h10,12-14H,3,6-9H2,1-2,4-5H3/t12-,13+,14-/m0/s1. The number of ether oxygens (including phenoxy) is 1. The third-order valence-corrected chi connectivity index (χ3v) is 3.54. The summed E-state index contributed by atoms with van der Waals surface area (Å²) in [5.41, 5.74) is 1.15. The van der Waals surface area contributed by atoms with Gasteiger partial charge in [-0.2, -0.15) is 0 Å². The number of hydrogen-bond donors (Lipinski definition) is 0. The van der Waals surface area contributed by atoms with Gasteiger partial charge in [-0.15, -0.1) is 0 Å². The molecule has 1 aliphatic rings. The van der Waals surface area contributed by atoms with Gasteiger partial charge in [-0.1, -0.05) is 32.9 Å². The second-order valence-corrected chi connectivity index (χ2v) is 6.00. The molecule has 1 saturated carbocycles. The molecule has 0 amide bonds. The van der Waals surface area contributed by atoms with E-state index < -0.39 is 0 Å². The Morgan fingerprint density at radius 3 is 2.59 bits per heavy atom. The quantitative estimate of drug-likeness (QED) is 0.547. The molecule has 0 aliphatic heterocycles. The zero-order valence-electron chi connectivity index (χ0n) is 11.7. The third-order valence-electron chi connectivity index (χ3n) is 3.54. The molecule has 0 unspecified atom stereocenters. The largest absolute Gasteiger partial charge is 0.462 e. The van der Waals surface area contributed by atoms with Crippen LogP contribution in [0.5, 0.6) is 0 Å². The molecule has 0 aromatic heterocycles. The van der Waals surface area contributed by atoms with Crippen LogP contribution in [-0.4, -0.2) is 12.1 Å². The predicted octanol–water partition coefficient (Wildman–Crippen LogP) is 3.96. The molecule has 1 fully saturated rings. The second kappa shape index (κ2) is 6.23. The molecule has 17 heavy (non-hydrogen) atoms. The van der Waals surface area contributed by atoms with Crippen LogP contribution in [0.2, 0.25) is 0 Å². The predicted molar refractivity (Wildman–Crippen MR) is 70.7 cm³/mol. The van der Waals surface area contributed by atoms with Crippen LogP contribution >= 0.6 is 0 Å². The van der Waals surface area contributed by atoms with E-state index in [0.717, 1.165) is 18.4 Å². The van der Waals surface area contributed by atoms with Crippen molar-refractivity contribution in [2.24, 2.45) is 17.8 Å². The van der Waals surface area contributed by atoms with Crippen molar-refractivity contribution in [2.75, 3.05) is 0 Å². The van der Waals surface area contributed by atoms with Gasteiger partial charge in [0.15, 0.2) is 0 Å². The fourth-order valence-corrected chi connectivity index (χ4v) is 2.57. The first-order valence-corrected chi connectivity index (χ1v) is 6.75. The highest BCUT2D eigenvalue weighted by Crippen LogP contribution is 2.34. The van der Waals surface area contributed by atoms with Crippen LogP contribution in [0.4, 0.5) is 0 Å². The molecule has 0 spiro atoms. The van der Waals surface area contributed by atoms with E-state index in [2.05, 4.69) is 13.5 Å². The number of carbonyl (C=O) groups excluding carboxylic acids is 1. The maximum atomic E-state index is 11.7. The Bertz CT molecular complexity index is 281. The first-order chi connectivity index (χ1) is 7.90. The summed E-state index contributed by atoms with van der Waals surface area (Å²) in [4.78, 5) is 11.7. The van der Waals surface area contributed by atoms with Crippen molar-refractivity contribution in [3.63, 3.8) is 0 Å². The van der Waals surface area contributed by atoms with Crippen LogP contribution in [-0.2, 0) is 9.53 Å². The van der Waals surface area contributed by atoms with Crippen molar-refractivity contribution < 1.29 is 9.53 Å². The zero-order valence-corrected chi connectivity index (χ0v) is 11.7. The van der Waals surface area contributed by atoms with E-state index in [9.17, 15) is 4.79 Å². The number of hydrogen-bond acceptors (Lipinski definition) is 2. The summed E-state index contributed by atoms with van der Waals surface area (Å²) in [7, 11) is 0. The van der Waals surface area contributed by atoms with Crippen LogP contribution < -0.4 is 0 Å². The Labute approximate surface area is 105 Å². The van der Waals surface area contributed by atoms with Gasteiger partial charge in [0.05, 0.1) is 0 Å². The lowest BCUT2D eigenvalue weighted by Gasteiger charge is -2.34. The molecule has 0 saturated heterocycles. The van der Waals surface area contributed by atoms with Gasteiger partial charge in [0, 0.05) is 12.3 Å². The monoisotopic (exact) mass is 238 g/mol. The molecule has 3 atom stereocenters. The summed E-state index contributed by atoms with van der Waals surface area (Å²) in [6, 6.07) is 0. The molecular weight excluding hydrogens is 212 g/mol. The highest BCUT2D eigenvalue weighted by Gasteiger charge is 2.31. The molecule has 0 heterocycles. The van der Waals surface area contributed by atoms with Crippen molar-refractivity contribution in [1.29, 1.82) is 0 Å². The molecule has 0 bridgehead atoms. The minimum atomic E-state index is -0.0506. The van der Waals surface area contributed by atoms with Gasteiger partial charge in [0.1, 0.15) is 6.10 Å². The number of rotatable bonds is 4. The van der Waals surface area contributed by atoms with Crippen molar-refractivity contribution in [1.82, 2.24) is 0 Å². The molecule has 0 N–H and O–H groups in total. The summed E-state index contributed by atoms with van der Waals surface area (Å²) < 4.78 is 5.65. The molecule has 2 heteroatoms. The van der Waals surface area contributed by atoms with Crippen molar-refractivity contribution in [3.05, 3.63) is 12.2 Å². The average Bonchev–Trinajstić information content (AvgIpc) is 2.15. The van der Waals surface area contributed by atoms with Crippen LogP contribution in [0, 0.1) is 17.8 Å². The van der Waals surface area contributed by atoms with Crippen LogP contribution in [0.15, 0.2) is 12.2 Å². The third kappa shape index (κ3) is 4.53. The van der Waals surface area contributed by atoms with Crippen LogP contribution in [0.3, 0.4) is 0 Å². The Morgan fingerprint density at radius 1 is 1.41 bits per heavy atom. The van der Waals surface area contributed by atoms with E-state index in [1.807, 2.05) is 20.8 Å². The fraction of sp³-hybridized carbons (Fsp3) is 0.800. The Kier molecular flexibility index (Phi) is 5.23. The molecule has 0 aromatic rings. The minimum Gasteiger partial charge on any atom is -0.462 e. The summed E-state index contributed by atoms with van der Waals surface area (Å²) in [5.74, 6) is 1.34. The Hall–Kier alpha value is -0.790. The van der Waals surface area contributed by atoms with E-state index in [4.69, 9.17) is 4.74 Å². The lowest BCUT2D eigenvalue weighted by molar-refractivity contribution is -0.154. The second-order valence-electron chi connectivity index (χ2n) is 6.00. The summed E-state index contributed by atoms with van der Waals surface area (Å²) >= 11 is 0. The average molecular weight is 238 g/mol. The van der Waals surface area contributed by atoms with Gasteiger partial charge in [-0.25, -0.2) is 0 Å². The Morgan fingerprint density at radius 2 is 2.06 bits per heavy atom. The molecular formula is C15H26O2. The maximum absolute atomic E-state index is 11.7. The van der Waals surface area contributed by atoms with Gasteiger partial charge < -0.3 is 4.74 Å². The molecule has 0 aromatic carbocycles. The van der Waals surface area contributed by atoms with E-state index >= 15 is 0 Å². The Balaban J connectivity index is 2.57. The van der Waals surface area contributed by atoms with Crippen molar-refractivity contribution in [2.45, 2.75) is 59.5 Å². The van der Waals surface area contributed by atoms with E-state index in [-0.39, 0.29) is 12.1 Å². The first-order valence-electron chi connectivity index (χ1n) is 6.75. The van der Waals surface area contributed by atoms with Gasteiger partial charge in [-0.3, -0.25) is 4.79 Å². The normalized spacial score (nSPS) is 29.1. The summed E-state index contributed by atoms with van der Waals surface area (Å²) in [5, 5.41) is 0. The maximum Gasteiger partial charge on any atom is 0.306 e. The fourth-order valence-electron chi connectivity index (χ4n) is 2.57. The lowest BCUT2D eigenvalue weighted by atomic mass is 9.77. The van der Waals surface area contributed by atoms with Gasteiger partial charge in [-0.05, 0) is 38.0 Å². The summed E-state index contributed by atoms with van der Waals surface area (Å²) in [6.45, 7) is 12.4. The van der Waals surface area contributed by atoms with Gasteiger partial charge >= 0.3 is 5.97 Å².